The Bertz CT molecular complexity index is 547. The highest BCUT2D eigenvalue weighted by molar-refractivity contribution is 7.89. The summed E-state index contributed by atoms with van der Waals surface area (Å²) in [5.74, 6) is -0.814. The van der Waals surface area contributed by atoms with Crippen LogP contribution in [0.5, 0.6) is 0 Å². The molecule has 0 aliphatic carbocycles. The molecule has 1 unspecified atom stereocenters. The van der Waals surface area contributed by atoms with Crippen molar-refractivity contribution in [2.45, 2.75) is 31.7 Å². The number of sulfonamides is 1. The number of anilines is 1. The standard InChI is InChI=1S/C13H21FN2O3S/c1-4-19-8-12(9(2)3)16-20(17,18)13-7-10(15)5-6-11(13)14/h5-7,9,12,16H,4,8,15H2,1-3H3. The summed E-state index contributed by atoms with van der Waals surface area (Å²) in [6, 6.07) is 3.03. The number of rotatable bonds is 7. The van der Waals surface area contributed by atoms with E-state index in [0.717, 1.165) is 12.1 Å². The van der Waals surface area contributed by atoms with Gasteiger partial charge in [-0.3, -0.25) is 0 Å². The molecule has 0 fully saturated rings. The molecule has 20 heavy (non-hydrogen) atoms. The van der Waals surface area contributed by atoms with Gasteiger partial charge in [-0.25, -0.2) is 17.5 Å². The molecule has 5 nitrogen and oxygen atoms in total. The van der Waals surface area contributed by atoms with E-state index in [0.29, 0.717) is 6.61 Å². The lowest BCUT2D eigenvalue weighted by Crippen LogP contribution is -2.42. The van der Waals surface area contributed by atoms with E-state index < -0.39 is 26.8 Å². The maximum absolute atomic E-state index is 13.7. The van der Waals surface area contributed by atoms with Crippen molar-refractivity contribution >= 4 is 15.7 Å². The number of ether oxygens (including phenoxy) is 1. The van der Waals surface area contributed by atoms with Crippen molar-refractivity contribution < 1.29 is 17.5 Å². The van der Waals surface area contributed by atoms with Crippen molar-refractivity contribution in [1.82, 2.24) is 4.72 Å². The predicted molar refractivity (Wildman–Crippen MR) is 76.3 cm³/mol. The molecule has 0 aliphatic heterocycles. The Hall–Kier alpha value is -1.18. The molecule has 1 rings (SSSR count). The fourth-order valence-electron chi connectivity index (χ4n) is 1.60. The van der Waals surface area contributed by atoms with E-state index in [2.05, 4.69) is 4.72 Å². The molecule has 114 valence electrons. The number of benzene rings is 1. The van der Waals surface area contributed by atoms with Crippen molar-refractivity contribution in [3.8, 4) is 0 Å². The van der Waals surface area contributed by atoms with Crippen LogP contribution in [0.1, 0.15) is 20.8 Å². The molecule has 0 saturated carbocycles. The number of nitrogens with two attached hydrogens (primary N) is 1. The molecule has 1 aromatic carbocycles. The molecular weight excluding hydrogens is 283 g/mol. The summed E-state index contributed by atoms with van der Waals surface area (Å²) in [5, 5.41) is 0. The summed E-state index contributed by atoms with van der Waals surface area (Å²) in [4.78, 5) is -0.445. The minimum atomic E-state index is -3.97. The molecule has 0 aliphatic rings. The maximum Gasteiger partial charge on any atom is 0.243 e. The Labute approximate surface area is 119 Å². The van der Waals surface area contributed by atoms with Gasteiger partial charge in [0, 0.05) is 18.3 Å². The van der Waals surface area contributed by atoms with Gasteiger partial charge in [0.25, 0.3) is 0 Å². The summed E-state index contributed by atoms with van der Waals surface area (Å²) < 4.78 is 45.8. The van der Waals surface area contributed by atoms with E-state index in [1.165, 1.54) is 6.07 Å². The zero-order valence-electron chi connectivity index (χ0n) is 11.9. The van der Waals surface area contributed by atoms with E-state index in [-0.39, 0.29) is 18.2 Å². The average Bonchev–Trinajstić information content (AvgIpc) is 2.36. The molecule has 0 amide bonds. The van der Waals surface area contributed by atoms with Crippen molar-refractivity contribution in [3.05, 3.63) is 24.0 Å². The predicted octanol–water partition coefficient (Wildman–Crippen LogP) is 1.75. The van der Waals surface area contributed by atoms with Crippen molar-refractivity contribution in [2.75, 3.05) is 18.9 Å². The topological polar surface area (TPSA) is 81.4 Å². The summed E-state index contributed by atoms with van der Waals surface area (Å²) >= 11 is 0. The second kappa shape index (κ2) is 7.01. The highest BCUT2D eigenvalue weighted by atomic mass is 32.2. The quantitative estimate of drug-likeness (QED) is 0.752. The van der Waals surface area contributed by atoms with Crippen LogP contribution in [-0.2, 0) is 14.8 Å². The molecule has 0 radical (unpaired) electrons. The second-order valence-corrected chi connectivity index (χ2v) is 6.50. The third-order valence-electron chi connectivity index (χ3n) is 2.86. The molecule has 0 spiro atoms. The van der Waals surface area contributed by atoms with Gasteiger partial charge in [0.1, 0.15) is 10.7 Å². The van der Waals surface area contributed by atoms with Crippen molar-refractivity contribution in [1.29, 1.82) is 0 Å². The van der Waals surface area contributed by atoms with E-state index in [1.54, 1.807) is 0 Å². The summed E-state index contributed by atoms with van der Waals surface area (Å²) in [5.41, 5.74) is 5.70. The Morgan fingerprint density at radius 2 is 2.05 bits per heavy atom. The fraction of sp³-hybridized carbons (Fsp3) is 0.538. The Kier molecular flexibility index (Phi) is 5.91. The third kappa shape index (κ3) is 4.43. The number of nitrogens with one attached hydrogen (secondary N) is 1. The molecule has 1 aromatic rings. The number of hydrogen-bond donors (Lipinski definition) is 2. The van der Waals surface area contributed by atoms with Crippen LogP contribution in [0.15, 0.2) is 23.1 Å². The maximum atomic E-state index is 13.7. The van der Waals surface area contributed by atoms with Crippen LogP contribution in [0.3, 0.4) is 0 Å². The van der Waals surface area contributed by atoms with E-state index in [4.69, 9.17) is 10.5 Å². The largest absolute Gasteiger partial charge is 0.399 e. The highest BCUT2D eigenvalue weighted by Gasteiger charge is 2.25. The van der Waals surface area contributed by atoms with Crippen molar-refractivity contribution in [2.24, 2.45) is 5.92 Å². The van der Waals surface area contributed by atoms with E-state index in [9.17, 15) is 12.8 Å². The Balaban J connectivity index is 3.00. The second-order valence-electron chi connectivity index (χ2n) is 4.82. The van der Waals surface area contributed by atoms with Crippen molar-refractivity contribution in [3.63, 3.8) is 0 Å². The molecule has 7 heteroatoms. The van der Waals surface area contributed by atoms with Gasteiger partial charge in [-0.05, 0) is 31.0 Å². The van der Waals surface area contributed by atoms with Gasteiger partial charge < -0.3 is 10.5 Å². The first-order valence-corrected chi connectivity index (χ1v) is 7.91. The van der Waals surface area contributed by atoms with Gasteiger partial charge in [0.15, 0.2) is 0 Å². The lowest BCUT2D eigenvalue weighted by Gasteiger charge is -2.22. The van der Waals surface area contributed by atoms with Gasteiger partial charge in [-0.2, -0.15) is 0 Å². The van der Waals surface area contributed by atoms with Gasteiger partial charge >= 0.3 is 0 Å². The minimum Gasteiger partial charge on any atom is -0.399 e. The van der Waals surface area contributed by atoms with Crippen LogP contribution in [0.2, 0.25) is 0 Å². The normalized spacial score (nSPS) is 13.7. The smallest absolute Gasteiger partial charge is 0.243 e. The highest BCUT2D eigenvalue weighted by Crippen LogP contribution is 2.18. The Morgan fingerprint density at radius 1 is 1.40 bits per heavy atom. The van der Waals surface area contributed by atoms with Gasteiger partial charge in [0.2, 0.25) is 10.0 Å². The van der Waals surface area contributed by atoms with Gasteiger partial charge in [-0.1, -0.05) is 13.8 Å². The zero-order chi connectivity index (χ0) is 15.3. The first kappa shape index (κ1) is 16.9. The average molecular weight is 304 g/mol. The number of halogens is 1. The Morgan fingerprint density at radius 3 is 2.60 bits per heavy atom. The van der Waals surface area contributed by atoms with Crippen LogP contribution in [-0.4, -0.2) is 27.7 Å². The first-order chi connectivity index (χ1) is 9.27. The summed E-state index contributed by atoms with van der Waals surface area (Å²) in [6.07, 6.45) is 0. The zero-order valence-corrected chi connectivity index (χ0v) is 12.7. The molecule has 1 atom stereocenters. The molecule has 0 bridgehead atoms. The minimum absolute atomic E-state index is 0.0143. The van der Waals surface area contributed by atoms with E-state index >= 15 is 0 Å². The van der Waals surface area contributed by atoms with Crippen LogP contribution < -0.4 is 10.5 Å². The third-order valence-corrected chi connectivity index (χ3v) is 4.36. The van der Waals surface area contributed by atoms with Gasteiger partial charge in [0.05, 0.1) is 6.61 Å². The first-order valence-electron chi connectivity index (χ1n) is 6.43. The van der Waals surface area contributed by atoms with Crippen LogP contribution in [0.25, 0.3) is 0 Å². The fourth-order valence-corrected chi connectivity index (χ4v) is 3.08. The summed E-state index contributed by atoms with van der Waals surface area (Å²) in [7, 11) is -3.97. The molecule has 0 heterocycles. The summed E-state index contributed by atoms with van der Waals surface area (Å²) in [6.45, 7) is 6.27. The van der Waals surface area contributed by atoms with Crippen LogP contribution >= 0.6 is 0 Å². The lowest BCUT2D eigenvalue weighted by molar-refractivity contribution is 0.116. The molecule has 0 aromatic heterocycles. The molecule has 0 saturated heterocycles. The number of hydrogen-bond acceptors (Lipinski definition) is 4. The van der Waals surface area contributed by atoms with Gasteiger partial charge in [-0.15, -0.1) is 0 Å². The van der Waals surface area contributed by atoms with E-state index in [1.807, 2.05) is 20.8 Å². The van der Waals surface area contributed by atoms with Crippen LogP contribution in [0, 0.1) is 11.7 Å². The van der Waals surface area contributed by atoms with Crippen LogP contribution in [0.4, 0.5) is 10.1 Å². The molecular formula is C13H21FN2O3S. The molecule has 3 N–H and O–H groups in total. The lowest BCUT2D eigenvalue weighted by atomic mass is 10.1. The SMILES string of the molecule is CCOCC(NS(=O)(=O)c1cc(N)ccc1F)C(C)C. The number of nitrogen functional groups attached to an aromatic ring is 1. The monoisotopic (exact) mass is 304 g/mol.